The van der Waals surface area contributed by atoms with E-state index in [9.17, 15) is 0 Å². The molecule has 0 aromatic heterocycles. The Kier molecular flexibility index (Phi) is 3.62. The zero-order valence-electron chi connectivity index (χ0n) is 10.2. The second-order valence-electron chi connectivity index (χ2n) is 5.01. The molecule has 0 bridgehead atoms. The van der Waals surface area contributed by atoms with Crippen LogP contribution in [0.5, 0.6) is 0 Å². The van der Waals surface area contributed by atoms with Crippen molar-refractivity contribution in [3.63, 3.8) is 0 Å². The number of benzene rings is 1. The normalized spacial score (nSPS) is 26.9. The third-order valence-electron chi connectivity index (χ3n) is 3.61. The highest BCUT2D eigenvalue weighted by atomic mass is 15.0. The van der Waals surface area contributed by atoms with Crippen LogP contribution in [0.1, 0.15) is 43.4 Å². The van der Waals surface area contributed by atoms with Crippen LogP contribution in [0.15, 0.2) is 24.3 Å². The van der Waals surface area contributed by atoms with E-state index in [1.807, 2.05) is 0 Å². The Morgan fingerprint density at radius 3 is 2.69 bits per heavy atom. The summed E-state index contributed by atoms with van der Waals surface area (Å²) in [5.74, 6) is 0. The van der Waals surface area contributed by atoms with Crippen LogP contribution in [-0.2, 0) is 0 Å². The number of aryl methyl sites for hydroxylation is 1. The van der Waals surface area contributed by atoms with Crippen LogP contribution in [0.4, 0.5) is 0 Å². The highest BCUT2D eigenvalue weighted by Gasteiger charge is 2.23. The average Bonchev–Trinajstić information content (AvgIpc) is 2.64. The lowest BCUT2D eigenvalue weighted by Gasteiger charge is -2.21. The van der Waals surface area contributed by atoms with Crippen LogP contribution < -0.4 is 11.1 Å². The molecule has 2 rings (SSSR count). The fourth-order valence-corrected chi connectivity index (χ4v) is 2.68. The molecule has 16 heavy (non-hydrogen) atoms. The molecule has 1 aromatic rings. The number of hydrogen-bond acceptors (Lipinski definition) is 2. The standard InChI is InChI=1S/C14H22N2/c1-10-5-3-4-6-14(10)11(2)16-13-8-7-12(15)9-13/h3-6,11-13,16H,7-9,15H2,1-2H3. The van der Waals surface area contributed by atoms with E-state index < -0.39 is 0 Å². The molecule has 1 saturated carbocycles. The largest absolute Gasteiger partial charge is 0.328 e. The zero-order valence-corrected chi connectivity index (χ0v) is 10.2. The summed E-state index contributed by atoms with van der Waals surface area (Å²) in [4.78, 5) is 0. The van der Waals surface area contributed by atoms with E-state index in [4.69, 9.17) is 5.73 Å². The predicted molar refractivity (Wildman–Crippen MR) is 68.3 cm³/mol. The lowest BCUT2D eigenvalue weighted by atomic mass is 10.0. The SMILES string of the molecule is Cc1ccccc1C(C)NC1CCC(N)C1. The van der Waals surface area contributed by atoms with Crippen LogP contribution in [0.3, 0.4) is 0 Å². The lowest BCUT2D eigenvalue weighted by Crippen LogP contribution is -2.31. The van der Waals surface area contributed by atoms with Gasteiger partial charge in [0.05, 0.1) is 0 Å². The zero-order chi connectivity index (χ0) is 11.5. The molecule has 3 unspecified atom stereocenters. The van der Waals surface area contributed by atoms with E-state index in [1.165, 1.54) is 17.5 Å². The first-order valence-electron chi connectivity index (χ1n) is 6.24. The monoisotopic (exact) mass is 218 g/mol. The van der Waals surface area contributed by atoms with Crippen LogP contribution in [-0.4, -0.2) is 12.1 Å². The van der Waals surface area contributed by atoms with Gasteiger partial charge in [-0.15, -0.1) is 0 Å². The van der Waals surface area contributed by atoms with E-state index in [1.54, 1.807) is 0 Å². The third kappa shape index (κ3) is 2.63. The Labute approximate surface area is 98.2 Å². The summed E-state index contributed by atoms with van der Waals surface area (Å²) in [6, 6.07) is 10.0. The quantitative estimate of drug-likeness (QED) is 0.818. The summed E-state index contributed by atoms with van der Waals surface area (Å²) in [6.45, 7) is 4.42. The summed E-state index contributed by atoms with van der Waals surface area (Å²) in [6.07, 6.45) is 3.51. The molecule has 0 radical (unpaired) electrons. The summed E-state index contributed by atoms with van der Waals surface area (Å²) >= 11 is 0. The van der Waals surface area contributed by atoms with E-state index in [2.05, 4.69) is 43.4 Å². The van der Waals surface area contributed by atoms with Crippen molar-refractivity contribution in [2.24, 2.45) is 5.73 Å². The first-order chi connectivity index (χ1) is 7.66. The van der Waals surface area contributed by atoms with Gasteiger partial charge >= 0.3 is 0 Å². The lowest BCUT2D eigenvalue weighted by molar-refractivity contribution is 0.456. The highest BCUT2D eigenvalue weighted by Crippen LogP contribution is 2.23. The van der Waals surface area contributed by atoms with Gasteiger partial charge in [-0.05, 0) is 44.2 Å². The van der Waals surface area contributed by atoms with Crippen LogP contribution in [0.2, 0.25) is 0 Å². The van der Waals surface area contributed by atoms with Gasteiger partial charge in [0.15, 0.2) is 0 Å². The summed E-state index contributed by atoms with van der Waals surface area (Å²) in [5.41, 5.74) is 8.70. The van der Waals surface area contributed by atoms with Gasteiger partial charge in [-0.25, -0.2) is 0 Å². The molecule has 2 heteroatoms. The molecule has 1 aliphatic carbocycles. The van der Waals surface area contributed by atoms with Crippen molar-refractivity contribution in [1.82, 2.24) is 5.32 Å². The Hall–Kier alpha value is -0.860. The minimum Gasteiger partial charge on any atom is -0.328 e. The molecule has 1 fully saturated rings. The number of rotatable bonds is 3. The predicted octanol–water partition coefficient (Wildman–Crippen LogP) is 2.53. The first-order valence-corrected chi connectivity index (χ1v) is 6.24. The number of nitrogens with two attached hydrogens (primary N) is 1. The van der Waals surface area contributed by atoms with Gasteiger partial charge in [-0.3, -0.25) is 0 Å². The van der Waals surface area contributed by atoms with Gasteiger partial charge in [-0.1, -0.05) is 24.3 Å². The van der Waals surface area contributed by atoms with Gasteiger partial charge in [0, 0.05) is 18.1 Å². The van der Waals surface area contributed by atoms with E-state index in [0.717, 1.165) is 12.8 Å². The molecule has 88 valence electrons. The Balaban J connectivity index is 1.98. The van der Waals surface area contributed by atoms with Crippen molar-refractivity contribution in [3.05, 3.63) is 35.4 Å². The second kappa shape index (κ2) is 4.98. The Morgan fingerprint density at radius 2 is 2.06 bits per heavy atom. The molecule has 0 amide bonds. The van der Waals surface area contributed by atoms with Gasteiger partial charge < -0.3 is 11.1 Å². The van der Waals surface area contributed by atoms with E-state index in [-0.39, 0.29) is 0 Å². The molecule has 3 N–H and O–H groups in total. The van der Waals surface area contributed by atoms with Crippen molar-refractivity contribution in [2.75, 3.05) is 0 Å². The van der Waals surface area contributed by atoms with Crippen LogP contribution in [0, 0.1) is 6.92 Å². The van der Waals surface area contributed by atoms with Crippen LogP contribution >= 0.6 is 0 Å². The maximum absolute atomic E-state index is 5.93. The molecule has 3 atom stereocenters. The van der Waals surface area contributed by atoms with Gasteiger partial charge in [0.1, 0.15) is 0 Å². The topological polar surface area (TPSA) is 38.0 Å². The van der Waals surface area contributed by atoms with Crippen molar-refractivity contribution in [2.45, 2.75) is 51.2 Å². The summed E-state index contributed by atoms with van der Waals surface area (Å²) < 4.78 is 0. The minimum atomic E-state index is 0.404. The maximum Gasteiger partial charge on any atom is 0.0296 e. The molecular formula is C14H22N2. The van der Waals surface area contributed by atoms with Crippen molar-refractivity contribution >= 4 is 0 Å². The molecular weight excluding hydrogens is 196 g/mol. The molecule has 0 aliphatic heterocycles. The number of hydrogen-bond donors (Lipinski definition) is 2. The first kappa shape index (κ1) is 11.6. The van der Waals surface area contributed by atoms with E-state index in [0.29, 0.717) is 18.1 Å². The van der Waals surface area contributed by atoms with Crippen molar-refractivity contribution < 1.29 is 0 Å². The molecule has 0 saturated heterocycles. The molecule has 1 aliphatic rings. The van der Waals surface area contributed by atoms with Gasteiger partial charge in [0.2, 0.25) is 0 Å². The maximum atomic E-state index is 5.93. The molecule has 1 aromatic carbocycles. The second-order valence-corrected chi connectivity index (χ2v) is 5.01. The van der Waals surface area contributed by atoms with E-state index >= 15 is 0 Å². The minimum absolute atomic E-state index is 0.404. The van der Waals surface area contributed by atoms with Crippen molar-refractivity contribution in [3.8, 4) is 0 Å². The smallest absolute Gasteiger partial charge is 0.0296 e. The number of nitrogens with one attached hydrogen (secondary N) is 1. The van der Waals surface area contributed by atoms with Gasteiger partial charge in [-0.2, -0.15) is 0 Å². The Morgan fingerprint density at radius 1 is 1.31 bits per heavy atom. The molecule has 0 spiro atoms. The fraction of sp³-hybridized carbons (Fsp3) is 0.571. The fourth-order valence-electron chi connectivity index (χ4n) is 2.68. The summed E-state index contributed by atoms with van der Waals surface area (Å²) in [7, 11) is 0. The summed E-state index contributed by atoms with van der Waals surface area (Å²) in [5, 5.41) is 3.69. The average molecular weight is 218 g/mol. The van der Waals surface area contributed by atoms with Gasteiger partial charge in [0.25, 0.3) is 0 Å². The third-order valence-corrected chi connectivity index (χ3v) is 3.61. The highest BCUT2D eigenvalue weighted by molar-refractivity contribution is 5.28. The Bertz CT molecular complexity index is 348. The molecule has 0 heterocycles. The molecule has 2 nitrogen and oxygen atoms in total. The van der Waals surface area contributed by atoms with Crippen LogP contribution in [0.25, 0.3) is 0 Å². The van der Waals surface area contributed by atoms with Crippen molar-refractivity contribution in [1.29, 1.82) is 0 Å².